The van der Waals surface area contributed by atoms with Crippen molar-refractivity contribution in [1.82, 2.24) is 24.9 Å². The number of hydrogen-bond donors (Lipinski definition) is 0. The number of hydrogen-bond acceptors (Lipinski definition) is 7. The second-order valence-electron chi connectivity index (χ2n) is 5.45. The van der Waals surface area contributed by atoms with Crippen molar-refractivity contribution >= 4 is 5.97 Å². The number of carbonyl (C=O) groups excluding carboxylic acids is 1. The molecule has 0 unspecified atom stereocenters. The fourth-order valence-electron chi connectivity index (χ4n) is 2.66. The van der Waals surface area contributed by atoms with Crippen LogP contribution in [0.25, 0.3) is 0 Å². The third kappa shape index (κ3) is 3.16. The molecule has 2 aromatic rings. The molecule has 0 N–H and O–H groups in total. The predicted octanol–water partition coefficient (Wildman–Crippen LogP) is 1.20. The first-order chi connectivity index (χ1) is 10.7. The largest absolute Gasteiger partial charge is 0.464 e. The zero-order valence-corrected chi connectivity index (χ0v) is 12.7. The van der Waals surface area contributed by atoms with E-state index >= 15 is 0 Å². The quantitative estimate of drug-likeness (QED) is 0.784. The zero-order valence-electron chi connectivity index (χ0n) is 12.7. The van der Waals surface area contributed by atoms with E-state index in [-0.39, 0.29) is 11.7 Å². The molecule has 2 aromatic heterocycles. The lowest BCUT2D eigenvalue weighted by atomic mass is 10.1. The summed E-state index contributed by atoms with van der Waals surface area (Å²) in [6, 6.07) is 0.258. The summed E-state index contributed by atoms with van der Waals surface area (Å²) in [5.41, 5.74) is 0.250. The molecule has 1 aliphatic rings. The molecule has 0 aromatic carbocycles. The van der Waals surface area contributed by atoms with Crippen LogP contribution in [0.3, 0.4) is 0 Å². The highest BCUT2D eigenvalue weighted by atomic mass is 16.5. The number of carbonyl (C=O) groups is 1. The van der Waals surface area contributed by atoms with Crippen LogP contribution in [-0.4, -0.2) is 51.0 Å². The first kappa shape index (κ1) is 14.7. The highest BCUT2D eigenvalue weighted by molar-refractivity contribution is 5.86. The smallest absolute Gasteiger partial charge is 0.360 e. The van der Waals surface area contributed by atoms with Gasteiger partial charge in [0.1, 0.15) is 5.76 Å². The van der Waals surface area contributed by atoms with Gasteiger partial charge >= 0.3 is 5.97 Å². The first-order valence-corrected chi connectivity index (χ1v) is 7.29. The Kier molecular flexibility index (Phi) is 4.19. The molecular weight excluding hydrogens is 286 g/mol. The minimum absolute atomic E-state index is 0.250. The lowest BCUT2D eigenvalue weighted by molar-refractivity contribution is 0.0594. The van der Waals surface area contributed by atoms with Gasteiger partial charge in [0.15, 0.2) is 5.69 Å². The van der Waals surface area contributed by atoms with Gasteiger partial charge in [0.2, 0.25) is 5.89 Å². The van der Waals surface area contributed by atoms with E-state index in [1.165, 1.54) is 7.11 Å². The third-order valence-corrected chi connectivity index (χ3v) is 3.86. The van der Waals surface area contributed by atoms with E-state index in [1.807, 2.05) is 6.92 Å². The lowest BCUT2D eigenvalue weighted by Gasteiger charge is -2.30. The Morgan fingerprint density at radius 2 is 2.23 bits per heavy atom. The summed E-state index contributed by atoms with van der Waals surface area (Å²) < 4.78 is 11.9. The Hall–Kier alpha value is -2.22. The topological polar surface area (TPSA) is 86.3 Å². The van der Waals surface area contributed by atoms with E-state index in [4.69, 9.17) is 4.42 Å². The minimum Gasteiger partial charge on any atom is -0.464 e. The van der Waals surface area contributed by atoms with Crippen molar-refractivity contribution in [1.29, 1.82) is 0 Å². The molecule has 0 aliphatic carbocycles. The Morgan fingerprint density at radius 3 is 2.86 bits per heavy atom. The van der Waals surface area contributed by atoms with Crippen LogP contribution in [0.5, 0.6) is 0 Å². The van der Waals surface area contributed by atoms with Gasteiger partial charge in [-0.1, -0.05) is 5.21 Å². The summed E-state index contributed by atoms with van der Waals surface area (Å²) in [5, 5.41) is 7.89. The highest BCUT2D eigenvalue weighted by Crippen LogP contribution is 2.23. The summed E-state index contributed by atoms with van der Waals surface area (Å²) in [4.78, 5) is 17.9. The van der Waals surface area contributed by atoms with Crippen LogP contribution in [-0.2, 0) is 11.3 Å². The number of oxazole rings is 1. The van der Waals surface area contributed by atoms with Gasteiger partial charge in [-0.05, 0) is 19.8 Å². The molecule has 0 saturated carbocycles. The number of methoxy groups -OCH3 is 1. The zero-order chi connectivity index (χ0) is 15.5. The first-order valence-electron chi connectivity index (χ1n) is 7.29. The van der Waals surface area contributed by atoms with Gasteiger partial charge in [0.25, 0.3) is 0 Å². The van der Waals surface area contributed by atoms with E-state index in [2.05, 4.69) is 24.9 Å². The molecule has 3 rings (SSSR count). The van der Waals surface area contributed by atoms with Gasteiger partial charge in [-0.15, -0.1) is 5.10 Å². The van der Waals surface area contributed by atoms with Crippen molar-refractivity contribution in [3.05, 3.63) is 29.7 Å². The van der Waals surface area contributed by atoms with Crippen molar-refractivity contribution in [3.63, 3.8) is 0 Å². The normalized spacial score (nSPS) is 16.8. The predicted molar refractivity (Wildman–Crippen MR) is 76.1 cm³/mol. The highest BCUT2D eigenvalue weighted by Gasteiger charge is 2.23. The molecule has 1 saturated heterocycles. The summed E-state index contributed by atoms with van der Waals surface area (Å²) in [6.07, 6.45) is 5.29. The van der Waals surface area contributed by atoms with Crippen molar-refractivity contribution in [3.8, 4) is 0 Å². The van der Waals surface area contributed by atoms with Crippen molar-refractivity contribution in [2.24, 2.45) is 0 Å². The molecule has 0 bridgehead atoms. The molecule has 1 fully saturated rings. The van der Waals surface area contributed by atoms with E-state index in [1.54, 1.807) is 17.1 Å². The Labute approximate surface area is 128 Å². The number of likely N-dealkylation sites (tertiary alicyclic amines) is 1. The van der Waals surface area contributed by atoms with Crippen LogP contribution in [0, 0.1) is 6.92 Å². The van der Waals surface area contributed by atoms with Crippen LogP contribution in [0.2, 0.25) is 0 Å². The van der Waals surface area contributed by atoms with Crippen LogP contribution in [0.1, 0.15) is 41.0 Å². The number of esters is 1. The van der Waals surface area contributed by atoms with Gasteiger partial charge in [0, 0.05) is 13.1 Å². The molecule has 0 spiro atoms. The van der Waals surface area contributed by atoms with Crippen LogP contribution >= 0.6 is 0 Å². The Balaban J connectivity index is 1.55. The van der Waals surface area contributed by atoms with Crippen LogP contribution in [0.4, 0.5) is 0 Å². The average Bonchev–Trinajstić information content (AvgIpc) is 3.17. The number of piperidine rings is 1. The molecule has 8 nitrogen and oxygen atoms in total. The Morgan fingerprint density at radius 1 is 1.45 bits per heavy atom. The molecule has 0 atom stereocenters. The number of rotatable bonds is 4. The molecule has 8 heteroatoms. The molecular formula is C14H19N5O3. The third-order valence-electron chi connectivity index (χ3n) is 3.86. The Bertz CT molecular complexity index is 642. The lowest BCUT2D eigenvalue weighted by Crippen LogP contribution is -2.34. The number of aromatic nitrogens is 4. The summed E-state index contributed by atoms with van der Waals surface area (Å²) >= 11 is 0. The van der Waals surface area contributed by atoms with Crippen molar-refractivity contribution < 1.29 is 13.9 Å². The molecule has 0 radical (unpaired) electrons. The molecule has 3 heterocycles. The van der Waals surface area contributed by atoms with Crippen molar-refractivity contribution in [2.75, 3.05) is 20.2 Å². The maximum atomic E-state index is 11.4. The number of nitrogens with zero attached hydrogens (tertiary/aromatic N) is 5. The monoisotopic (exact) mass is 305 g/mol. The van der Waals surface area contributed by atoms with Gasteiger partial charge in [-0.2, -0.15) is 0 Å². The van der Waals surface area contributed by atoms with Crippen LogP contribution < -0.4 is 0 Å². The molecule has 22 heavy (non-hydrogen) atoms. The van der Waals surface area contributed by atoms with Crippen LogP contribution in [0.15, 0.2) is 16.8 Å². The van der Waals surface area contributed by atoms with E-state index in [9.17, 15) is 4.79 Å². The molecule has 118 valence electrons. The summed E-state index contributed by atoms with van der Waals surface area (Å²) in [6.45, 7) is 4.48. The fraction of sp³-hybridized carbons (Fsp3) is 0.571. The van der Waals surface area contributed by atoms with Gasteiger partial charge < -0.3 is 9.15 Å². The van der Waals surface area contributed by atoms with Gasteiger partial charge in [0.05, 0.1) is 32.1 Å². The molecule has 1 aliphatic heterocycles. The number of ether oxygens (including phenoxy) is 1. The molecule has 0 amide bonds. The summed E-state index contributed by atoms with van der Waals surface area (Å²) in [7, 11) is 1.34. The summed E-state index contributed by atoms with van der Waals surface area (Å²) in [5.74, 6) is 1.13. The van der Waals surface area contributed by atoms with Gasteiger partial charge in [-0.25, -0.2) is 14.5 Å². The van der Waals surface area contributed by atoms with Gasteiger partial charge in [-0.3, -0.25) is 4.90 Å². The maximum Gasteiger partial charge on any atom is 0.360 e. The second-order valence-corrected chi connectivity index (χ2v) is 5.45. The van der Waals surface area contributed by atoms with Crippen molar-refractivity contribution in [2.45, 2.75) is 32.4 Å². The minimum atomic E-state index is -0.456. The fourth-order valence-corrected chi connectivity index (χ4v) is 2.66. The van der Waals surface area contributed by atoms with E-state index < -0.39 is 5.97 Å². The van der Waals surface area contributed by atoms with E-state index in [0.29, 0.717) is 0 Å². The number of aryl methyl sites for hydroxylation is 1. The average molecular weight is 305 g/mol. The SMILES string of the molecule is COC(=O)c1cn(C2CCN(Cc3ncc(C)o3)CC2)nn1. The van der Waals surface area contributed by atoms with E-state index in [0.717, 1.165) is 44.1 Å². The second kappa shape index (κ2) is 6.27. The maximum absolute atomic E-state index is 11.4. The standard InChI is InChI=1S/C14H19N5O3/c1-10-7-15-13(22-10)9-18-5-3-11(4-6-18)19-8-12(16-17-19)14(20)21-2/h7-8,11H,3-6,9H2,1-2H3.